The second-order valence-electron chi connectivity index (χ2n) is 3.01. The van der Waals surface area contributed by atoms with E-state index in [0.29, 0.717) is 0 Å². The van der Waals surface area contributed by atoms with Crippen molar-refractivity contribution in [3.63, 3.8) is 0 Å². The minimum Gasteiger partial charge on any atom is -0.367 e. The fourth-order valence-corrected chi connectivity index (χ4v) is 0.200. The minimum absolute atomic E-state index is 1.06. The molecule has 3 nitrogen and oxygen atoms in total. The van der Waals surface area contributed by atoms with Gasteiger partial charge in [0.15, 0.2) is 0 Å². The summed E-state index contributed by atoms with van der Waals surface area (Å²) in [6.07, 6.45) is 0. The fourth-order valence-electron chi connectivity index (χ4n) is 0.200. The van der Waals surface area contributed by atoms with Crippen LogP contribution in [-0.4, -0.2) is 57.9 Å². The number of nitrogens with zero attached hydrogens (tertiary/aromatic N) is 3. The highest BCUT2D eigenvalue weighted by Crippen LogP contribution is 1.76. The average Bonchev–Trinajstić information content (AvgIpc) is 1.85. The maximum atomic E-state index is 3.93. The Labute approximate surface area is 70.7 Å². The van der Waals surface area contributed by atoms with Crippen LogP contribution < -0.4 is 0 Å². The van der Waals surface area contributed by atoms with Gasteiger partial charge >= 0.3 is 0 Å². The maximum absolute atomic E-state index is 3.93. The van der Waals surface area contributed by atoms with Gasteiger partial charge in [0.25, 0.3) is 0 Å². The lowest BCUT2D eigenvalue weighted by Crippen LogP contribution is -2.17. The molecule has 0 amide bonds. The van der Waals surface area contributed by atoms with E-state index in [0.717, 1.165) is 5.84 Å². The van der Waals surface area contributed by atoms with Gasteiger partial charge in [0, 0.05) is 21.1 Å². The van der Waals surface area contributed by atoms with E-state index in [1.165, 1.54) is 0 Å². The molecule has 0 unspecified atom stereocenters. The third-order valence-electron chi connectivity index (χ3n) is 0.971. The molecule has 68 valence electrons. The van der Waals surface area contributed by atoms with Crippen LogP contribution in [0.4, 0.5) is 0 Å². The first kappa shape index (κ1) is 13.1. The minimum atomic E-state index is 1.06. The third kappa shape index (κ3) is 17.7. The highest BCUT2D eigenvalue weighted by Gasteiger charge is 1.85. The largest absolute Gasteiger partial charge is 0.367 e. The van der Waals surface area contributed by atoms with Crippen LogP contribution in [0.2, 0.25) is 0 Å². The third-order valence-corrected chi connectivity index (χ3v) is 0.971. The zero-order valence-electron chi connectivity index (χ0n) is 8.84. The molecule has 0 radical (unpaired) electrons. The van der Waals surface area contributed by atoms with Gasteiger partial charge in [-0.2, -0.15) is 0 Å². The number of aliphatic imine (C=N–C) groups is 1. The first-order valence-corrected chi connectivity index (χ1v) is 3.63. The molecule has 0 saturated heterocycles. The highest BCUT2D eigenvalue weighted by atomic mass is 15.1. The number of hydrogen-bond donors (Lipinski definition) is 0. The molecule has 3 heteroatoms. The van der Waals surface area contributed by atoms with E-state index in [4.69, 9.17) is 0 Å². The maximum Gasteiger partial charge on any atom is 0.0948 e. The molecule has 0 bridgehead atoms. The van der Waals surface area contributed by atoms with Gasteiger partial charge in [0.2, 0.25) is 0 Å². The Kier molecular flexibility index (Phi) is 8.94. The van der Waals surface area contributed by atoms with Crippen LogP contribution in [0.5, 0.6) is 0 Å². The van der Waals surface area contributed by atoms with E-state index in [-0.39, 0.29) is 0 Å². The highest BCUT2D eigenvalue weighted by molar-refractivity contribution is 5.78. The van der Waals surface area contributed by atoms with E-state index in [9.17, 15) is 0 Å². The summed E-state index contributed by atoms with van der Waals surface area (Å²) in [4.78, 5) is 7.90. The van der Waals surface area contributed by atoms with Crippen molar-refractivity contribution in [2.45, 2.75) is 6.92 Å². The van der Waals surface area contributed by atoms with E-state index in [2.05, 4.69) is 4.99 Å². The van der Waals surface area contributed by atoms with Crippen LogP contribution in [0.25, 0.3) is 0 Å². The first-order chi connectivity index (χ1) is 4.91. The first-order valence-electron chi connectivity index (χ1n) is 3.63. The lowest BCUT2D eigenvalue weighted by atomic mass is 10.6. The molecule has 0 saturated carbocycles. The summed E-state index contributed by atoms with van der Waals surface area (Å²) in [5.74, 6) is 1.06. The Balaban J connectivity index is 0. The average molecular weight is 159 g/mol. The van der Waals surface area contributed by atoms with Crippen LogP contribution in [0.3, 0.4) is 0 Å². The van der Waals surface area contributed by atoms with Gasteiger partial charge < -0.3 is 9.80 Å². The van der Waals surface area contributed by atoms with E-state index in [1.54, 1.807) is 7.05 Å². The molecule has 0 aliphatic heterocycles. The zero-order chi connectivity index (χ0) is 9.44. The summed E-state index contributed by atoms with van der Waals surface area (Å²) in [7, 11) is 11.7. The summed E-state index contributed by atoms with van der Waals surface area (Å²) in [5, 5.41) is 0. The summed E-state index contributed by atoms with van der Waals surface area (Å²) < 4.78 is 0. The monoisotopic (exact) mass is 159 g/mol. The second-order valence-corrected chi connectivity index (χ2v) is 3.01. The molecule has 0 atom stereocenters. The summed E-state index contributed by atoms with van der Waals surface area (Å²) in [5.41, 5.74) is 0. The molecule has 0 aliphatic rings. The molecule has 0 aromatic carbocycles. The topological polar surface area (TPSA) is 18.8 Å². The lowest BCUT2D eigenvalue weighted by Gasteiger charge is -2.08. The van der Waals surface area contributed by atoms with Crippen molar-refractivity contribution in [2.24, 2.45) is 4.99 Å². The van der Waals surface area contributed by atoms with Crippen LogP contribution in [0, 0.1) is 0 Å². The van der Waals surface area contributed by atoms with Gasteiger partial charge in [-0.05, 0) is 28.1 Å². The van der Waals surface area contributed by atoms with Crippen molar-refractivity contribution in [2.75, 3.05) is 42.3 Å². The predicted molar refractivity (Wildman–Crippen MR) is 52.3 cm³/mol. The van der Waals surface area contributed by atoms with Crippen LogP contribution >= 0.6 is 0 Å². The van der Waals surface area contributed by atoms with Gasteiger partial charge in [-0.3, -0.25) is 4.99 Å². The molecule has 0 rings (SSSR count). The van der Waals surface area contributed by atoms with Crippen molar-refractivity contribution in [3.8, 4) is 0 Å². The van der Waals surface area contributed by atoms with E-state index in [1.807, 2.05) is 52.0 Å². The quantitative estimate of drug-likeness (QED) is 0.384. The van der Waals surface area contributed by atoms with Crippen LogP contribution in [0.1, 0.15) is 6.92 Å². The Bertz CT molecular complexity index is 103. The Morgan fingerprint density at radius 3 is 1.27 bits per heavy atom. The Morgan fingerprint density at radius 1 is 1.00 bits per heavy atom. The van der Waals surface area contributed by atoms with Gasteiger partial charge in [0.1, 0.15) is 0 Å². The van der Waals surface area contributed by atoms with Gasteiger partial charge in [-0.25, -0.2) is 0 Å². The summed E-state index contributed by atoms with van der Waals surface area (Å²) >= 11 is 0. The second kappa shape index (κ2) is 7.54. The SMILES string of the molecule is CN(C)C.CN=C(C)N(C)C. The fraction of sp³-hybridized carbons (Fsp3) is 0.875. The summed E-state index contributed by atoms with van der Waals surface area (Å²) in [6, 6.07) is 0. The zero-order valence-corrected chi connectivity index (χ0v) is 8.84. The number of rotatable bonds is 0. The molecular weight excluding hydrogens is 138 g/mol. The van der Waals surface area contributed by atoms with Crippen molar-refractivity contribution in [1.29, 1.82) is 0 Å². The molecule has 0 aromatic rings. The molecule has 0 aromatic heterocycles. The van der Waals surface area contributed by atoms with Crippen molar-refractivity contribution >= 4 is 5.84 Å². The van der Waals surface area contributed by atoms with E-state index < -0.39 is 0 Å². The lowest BCUT2D eigenvalue weighted by molar-refractivity contribution is 0.505. The standard InChI is InChI=1S/C5H12N2.C3H9N/c1-5(6-2)7(3)4;1-4(2)3/h1-4H3;1-3H3. The van der Waals surface area contributed by atoms with Gasteiger partial charge in [0.05, 0.1) is 5.84 Å². The number of amidine groups is 1. The molecule has 0 spiro atoms. The molecule has 0 fully saturated rings. The van der Waals surface area contributed by atoms with Gasteiger partial charge in [-0.1, -0.05) is 0 Å². The van der Waals surface area contributed by atoms with Gasteiger partial charge in [-0.15, -0.1) is 0 Å². The molecule has 0 N–H and O–H groups in total. The van der Waals surface area contributed by atoms with Crippen LogP contribution in [-0.2, 0) is 0 Å². The van der Waals surface area contributed by atoms with E-state index >= 15 is 0 Å². The molecular formula is C8H21N3. The number of hydrogen-bond acceptors (Lipinski definition) is 2. The van der Waals surface area contributed by atoms with Crippen molar-refractivity contribution in [3.05, 3.63) is 0 Å². The normalized spacial score (nSPS) is 10.7. The molecule has 0 aliphatic carbocycles. The predicted octanol–water partition coefficient (Wildman–Crippen LogP) is 0.774. The van der Waals surface area contributed by atoms with Crippen molar-refractivity contribution < 1.29 is 0 Å². The Hall–Kier alpha value is -0.570. The summed E-state index contributed by atoms with van der Waals surface area (Å²) in [6.45, 7) is 1.97. The van der Waals surface area contributed by atoms with Crippen molar-refractivity contribution in [1.82, 2.24) is 9.80 Å². The van der Waals surface area contributed by atoms with Crippen LogP contribution in [0.15, 0.2) is 4.99 Å². The Morgan fingerprint density at radius 2 is 1.27 bits per heavy atom. The molecule has 0 heterocycles. The molecule has 11 heavy (non-hydrogen) atoms. The smallest absolute Gasteiger partial charge is 0.0948 e.